The Labute approximate surface area is 131 Å². The van der Waals surface area contributed by atoms with E-state index in [-0.39, 0.29) is 0 Å². The number of benzene rings is 1. The lowest BCUT2D eigenvalue weighted by molar-refractivity contribution is 0.319. The second kappa shape index (κ2) is 6.78. The zero-order valence-corrected chi connectivity index (χ0v) is 13.0. The van der Waals surface area contributed by atoms with Crippen LogP contribution in [0.3, 0.4) is 0 Å². The van der Waals surface area contributed by atoms with Gasteiger partial charge in [-0.25, -0.2) is 9.97 Å². The molecule has 0 aliphatic heterocycles. The maximum Gasteiger partial charge on any atom is 0.127 e. The number of anilines is 1. The summed E-state index contributed by atoms with van der Waals surface area (Å²) in [6, 6.07) is 9.58. The topological polar surface area (TPSA) is 61.0 Å². The van der Waals surface area contributed by atoms with E-state index in [2.05, 4.69) is 16.0 Å². The fourth-order valence-corrected chi connectivity index (χ4v) is 3.60. The smallest absolute Gasteiger partial charge is 0.127 e. The summed E-state index contributed by atoms with van der Waals surface area (Å²) in [5, 5.41) is 4.24. The molecule has 21 heavy (non-hydrogen) atoms. The summed E-state index contributed by atoms with van der Waals surface area (Å²) in [6.07, 6.45) is 2.58. The first-order valence-electron chi connectivity index (χ1n) is 6.62. The molecule has 0 amide bonds. The number of nitrogens with two attached hydrogens (primary N) is 1. The maximum absolute atomic E-state index is 5.71. The number of fused-ring (bicyclic) bond motifs is 1. The van der Waals surface area contributed by atoms with Gasteiger partial charge in [-0.1, -0.05) is 6.07 Å². The van der Waals surface area contributed by atoms with E-state index in [0.717, 1.165) is 38.9 Å². The highest BCUT2D eigenvalue weighted by atomic mass is 32.2. The third-order valence-electron chi connectivity index (χ3n) is 2.88. The number of thioether (sulfide) groups is 1. The minimum Gasteiger partial charge on any atom is -0.493 e. The Bertz CT molecular complexity index is 730. The van der Waals surface area contributed by atoms with Crippen LogP contribution in [0, 0.1) is 0 Å². The lowest BCUT2D eigenvalue weighted by atomic mass is 10.3. The quantitative estimate of drug-likeness (QED) is 0.324. The number of nitrogen functional groups attached to an aromatic ring is 1. The highest BCUT2D eigenvalue weighted by molar-refractivity contribution is 7.99. The minimum absolute atomic E-state index is 0.675. The SMILES string of the molecule is Nc1cccc(OCCCSc2ncnc3sccc23)c1. The molecule has 0 bridgehead atoms. The highest BCUT2D eigenvalue weighted by Crippen LogP contribution is 2.27. The number of hydrogen-bond donors (Lipinski definition) is 1. The molecule has 0 saturated carbocycles. The van der Waals surface area contributed by atoms with Crippen LogP contribution in [0.1, 0.15) is 6.42 Å². The molecular formula is C15H15N3OS2. The Morgan fingerprint density at radius 2 is 2.19 bits per heavy atom. The minimum atomic E-state index is 0.675. The molecule has 108 valence electrons. The van der Waals surface area contributed by atoms with E-state index in [9.17, 15) is 0 Å². The standard InChI is InChI=1S/C15H15N3OS2/c16-11-3-1-4-12(9-11)19-6-2-7-20-14-13-5-8-21-15(13)18-10-17-14/h1,3-5,8-10H,2,6-7,16H2. The van der Waals surface area contributed by atoms with Crippen molar-refractivity contribution in [1.29, 1.82) is 0 Å². The Balaban J connectivity index is 1.47. The first-order chi connectivity index (χ1) is 10.3. The van der Waals surface area contributed by atoms with Crippen LogP contribution in [0.5, 0.6) is 5.75 Å². The lowest BCUT2D eigenvalue weighted by Crippen LogP contribution is -1.99. The Morgan fingerprint density at radius 1 is 1.24 bits per heavy atom. The fourth-order valence-electron chi connectivity index (χ4n) is 1.90. The van der Waals surface area contributed by atoms with Crippen molar-refractivity contribution in [2.45, 2.75) is 11.4 Å². The lowest BCUT2D eigenvalue weighted by Gasteiger charge is -2.06. The van der Waals surface area contributed by atoms with E-state index in [1.165, 1.54) is 0 Å². The van der Waals surface area contributed by atoms with E-state index in [1.54, 1.807) is 29.4 Å². The van der Waals surface area contributed by atoms with Crippen LogP contribution < -0.4 is 10.5 Å². The molecule has 0 saturated heterocycles. The largest absolute Gasteiger partial charge is 0.493 e. The van der Waals surface area contributed by atoms with Crippen molar-refractivity contribution in [3.63, 3.8) is 0 Å². The Kier molecular flexibility index (Phi) is 4.57. The molecule has 6 heteroatoms. The van der Waals surface area contributed by atoms with Crippen molar-refractivity contribution in [2.75, 3.05) is 18.1 Å². The van der Waals surface area contributed by atoms with Crippen molar-refractivity contribution in [2.24, 2.45) is 0 Å². The van der Waals surface area contributed by atoms with Gasteiger partial charge in [-0.3, -0.25) is 0 Å². The molecule has 0 fully saturated rings. The van der Waals surface area contributed by atoms with E-state index in [4.69, 9.17) is 10.5 Å². The van der Waals surface area contributed by atoms with Crippen molar-refractivity contribution in [3.05, 3.63) is 42.0 Å². The molecule has 0 unspecified atom stereocenters. The van der Waals surface area contributed by atoms with Gasteiger partial charge in [-0.05, 0) is 30.0 Å². The second-order valence-electron chi connectivity index (χ2n) is 4.44. The number of aromatic nitrogens is 2. The zero-order chi connectivity index (χ0) is 14.5. The van der Waals surface area contributed by atoms with Crippen molar-refractivity contribution in [3.8, 4) is 5.75 Å². The third-order valence-corrected chi connectivity index (χ3v) is 4.79. The number of hydrogen-bond acceptors (Lipinski definition) is 6. The number of thiophene rings is 1. The molecule has 2 N–H and O–H groups in total. The molecule has 2 heterocycles. The summed E-state index contributed by atoms with van der Waals surface area (Å²) in [4.78, 5) is 9.64. The van der Waals surface area contributed by atoms with Gasteiger partial charge in [-0.15, -0.1) is 23.1 Å². The summed E-state index contributed by atoms with van der Waals surface area (Å²) in [6.45, 7) is 0.675. The van der Waals surface area contributed by atoms with Gasteiger partial charge in [-0.2, -0.15) is 0 Å². The van der Waals surface area contributed by atoms with Crippen LogP contribution in [-0.2, 0) is 0 Å². The van der Waals surface area contributed by atoms with Gasteiger partial charge in [0, 0.05) is 22.9 Å². The molecule has 0 aliphatic carbocycles. The zero-order valence-electron chi connectivity index (χ0n) is 11.4. The van der Waals surface area contributed by atoms with E-state index >= 15 is 0 Å². The van der Waals surface area contributed by atoms with Crippen molar-refractivity contribution < 1.29 is 4.74 Å². The van der Waals surface area contributed by atoms with Gasteiger partial charge in [0.05, 0.1) is 6.61 Å². The van der Waals surface area contributed by atoms with Gasteiger partial charge in [0.25, 0.3) is 0 Å². The number of nitrogens with zero attached hydrogens (tertiary/aromatic N) is 2. The Morgan fingerprint density at radius 3 is 3.10 bits per heavy atom. The molecule has 0 atom stereocenters. The third kappa shape index (κ3) is 3.65. The molecule has 4 nitrogen and oxygen atoms in total. The van der Waals surface area contributed by atoms with E-state index < -0.39 is 0 Å². The predicted octanol–water partition coefficient (Wildman–Crippen LogP) is 3.83. The van der Waals surface area contributed by atoms with Crippen LogP contribution >= 0.6 is 23.1 Å². The molecule has 3 aromatic rings. The number of ether oxygens (including phenoxy) is 1. The van der Waals surface area contributed by atoms with Crippen LogP contribution in [0.25, 0.3) is 10.2 Å². The average molecular weight is 317 g/mol. The highest BCUT2D eigenvalue weighted by Gasteiger charge is 2.05. The normalized spacial score (nSPS) is 10.9. The molecular weight excluding hydrogens is 302 g/mol. The van der Waals surface area contributed by atoms with Crippen molar-refractivity contribution >= 4 is 39.0 Å². The summed E-state index contributed by atoms with van der Waals surface area (Å²) in [7, 11) is 0. The first-order valence-corrected chi connectivity index (χ1v) is 8.49. The van der Waals surface area contributed by atoms with Gasteiger partial charge in [0.15, 0.2) is 0 Å². The fraction of sp³-hybridized carbons (Fsp3) is 0.200. The summed E-state index contributed by atoms with van der Waals surface area (Å²) >= 11 is 3.39. The molecule has 0 spiro atoms. The van der Waals surface area contributed by atoms with Crippen LogP contribution in [0.15, 0.2) is 47.1 Å². The molecule has 0 radical (unpaired) electrons. The van der Waals surface area contributed by atoms with Crippen LogP contribution in [0.2, 0.25) is 0 Å². The van der Waals surface area contributed by atoms with Gasteiger partial charge < -0.3 is 10.5 Å². The van der Waals surface area contributed by atoms with Crippen molar-refractivity contribution in [1.82, 2.24) is 9.97 Å². The first kappa shape index (κ1) is 14.2. The van der Waals surface area contributed by atoms with Gasteiger partial charge >= 0.3 is 0 Å². The maximum atomic E-state index is 5.71. The van der Waals surface area contributed by atoms with E-state index in [1.807, 2.05) is 29.6 Å². The van der Waals surface area contributed by atoms with Crippen LogP contribution in [-0.4, -0.2) is 22.3 Å². The second-order valence-corrected chi connectivity index (χ2v) is 6.42. The monoisotopic (exact) mass is 317 g/mol. The molecule has 1 aromatic carbocycles. The summed E-state index contributed by atoms with van der Waals surface area (Å²) in [5.74, 6) is 1.78. The molecule has 0 aliphatic rings. The van der Waals surface area contributed by atoms with E-state index in [0.29, 0.717) is 6.61 Å². The van der Waals surface area contributed by atoms with Gasteiger partial charge in [0.1, 0.15) is 21.9 Å². The number of rotatable bonds is 6. The molecule has 3 rings (SSSR count). The average Bonchev–Trinajstić information content (AvgIpc) is 2.96. The van der Waals surface area contributed by atoms with Gasteiger partial charge in [0.2, 0.25) is 0 Å². The summed E-state index contributed by atoms with van der Waals surface area (Å²) < 4.78 is 5.67. The summed E-state index contributed by atoms with van der Waals surface area (Å²) in [5.41, 5.74) is 6.44. The predicted molar refractivity (Wildman–Crippen MR) is 89.1 cm³/mol. The Hall–Kier alpha value is -1.79. The van der Waals surface area contributed by atoms with Crippen LogP contribution in [0.4, 0.5) is 5.69 Å². The molecule has 2 aromatic heterocycles.